The number of rotatable bonds is 7. The van der Waals surface area contributed by atoms with Gasteiger partial charge in [0.25, 0.3) is 0 Å². The van der Waals surface area contributed by atoms with Crippen LogP contribution in [0.15, 0.2) is 24.3 Å². The first-order valence-corrected chi connectivity index (χ1v) is 7.78. The summed E-state index contributed by atoms with van der Waals surface area (Å²) in [6, 6.07) is 6.94. The Labute approximate surface area is 123 Å². The molecule has 0 bridgehead atoms. The van der Waals surface area contributed by atoms with Gasteiger partial charge in [0.2, 0.25) is 5.91 Å². The van der Waals surface area contributed by atoms with Crippen molar-refractivity contribution in [3.05, 3.63) is 29.8 Å². The number of hydrogen-bond acceptors (Lipinski definition) is 2. The van der Waals surface area contributed by atoms with Crippen LogP contribution in [0.5, 0.6) is 5.75 Å². The predicted octanol–water partition coefficient (Wildman–Crippen LogP) is 3.25. The topological polar surface area (TPSA) is 49.3 Å². The summed E-state index contributed by atoms with van der Waals surface area (Å²) in [5.41, 5.74) is 0.784. The minimum atomic E-state index is -0.0475. The van der Waals surface area contributed by atoms with E-state index in [9.17, 15) is 9.90 Å². The number of aromatic hydroxyl groups is 1. The second-order valence-electron chi connectivity index (χ2n) is 4.92. The van der Waals surface area contributed by atoms with Crippen molar-refractivity contribution in [3.8, 4) is 5.75 Å². The fourth-order valence-corrected chi connectivity index (χ4v) is 2.91. The van der Waals surface area contributed by atoms with Gasteiger partial charge in [0.1, 0.15) is 5.75 Å². The molecule has 2 N–H and O–H groups in total. The van der Waals surface area contributed by atoms with E-state index in [0.29, 0.717) is 12.1 Å². The van der Waals surface area contributed by atoms with E-state index in [2.05, 4.69) is 35.1 Å². The number of carbonyl (C=O) groups excluding carboxylic acids is 1. The Morgan fingerprint density at radius 1 is 1.32 bits per heavy atom. The Kier molecular flexibility index (Phi) is 6.35. The summed E-state index contributed by atoms with van der Waals surface area (Å²) in [6.07, 6.45) is 2.26. The molecule has 1 amide bonds. The van der Waals surface area contributed by atoms with Crippen molar-refractivity contribution in [2.24, 2.45) is 5.41 Å². The van der Waals surface area contributed by atoms with Gasteiger partial charge in [-0.15, -0.1) is 0 Å². The third kappa shape index (κ3) is 4.53. The number of halogens is 1. The van der Waals surface area contributed by atoms with Crippen molar-refractivity contribution >= 4 is 21.8 Å². The molecule has 19 heavy (non-hydrogen) atoms. The lowest BCUT2D eigenvalue weighted by atomic mass is 9.84. The van der Waals surface area contributed by atoms with E-state index >= 15 is 0 Å². The quantitative estimate of drug-likeness (QED) is 0.755. The van der Waals surface area contributed by atoms with Gasteiger partial charge in [0.15, 0.2) is 0 Å². The van der Waals surface area contributed by atoms with Crippen LogP contribution in [0.25, 0.3) is 0 Å². The molecule has 1 aromatic carbocycles. The largest absolute Gasteiger partial charge is 0.508 e. The van der Waals surface area contributed by atoms with E-state index in [1.165, 1.54) is 0 Å². The number of amides is 1. The Balaban J connectivity index is 2.55. The molecule has 0 saturated carbocycles. The zero-order valence-electron chi connectivity index (χ0n) is 11.6. The fraction of sp³-hybridized carbons (Fsp3) is 0.533. The van der Waals surface area contributed by atoms with Crippen molar-refractivity contribution in [1.29, 1.82) is 0 Å². The minimum absolute atomic E-state index is 0.0475. The highest BCUT2D eigenvalue weighted by Gasteiger charge is 2.25. The van der Waals surface area contributed by atoms with Gasteiger partial charge in [-0.2, -0.15) is 0 Å². The average Bonchev–Trinajstić information content (AvgIpc) is 2.44. The van der Waals surface area contributed by atoms with E-state index < -0.39 is 0 Å². The molecule has 106 valence electrons. The molecule has 0 radical (unpaired) electrons. The highest BCUT2D eigenvalue weighted by atomic mass is 79.9. The number of para-hydroxylation sites is 1. The van der Waals surface area contributed by atoms with Gasteiger partial charge in [-0.05, 0) is 24.3 Å². The zero-order chi connectivity index (χ0) is 14.3. The minimum Gasteiger partial charge on any atom is -0.508 e. The van der Waals surface area contributed by atoms with Crippen molar-refractivity contribution in [2.45, 2.75) is 33.1 Å². The molecule has 0 aliphatic heterocycles. The molecular weight excluding hydrogens is 306 g/mol. The molecule has 4 heteroatoms. The number of carbonyl (C=O) groups is 1. The van der Waals surface area contributed by atoms with E-state index in [-0.39, 0.29) is 23.5 Å². The summed E-state index contributed by atoms with van der Waals surface area (Å²) >= 11 is 3.53. The summed E-state index contributed by atoms with van der Waals surface area (Å²) < 4.78 is 0. The summed E-state index contributed by atoms with van der Waals surface area (Å²) in [7, 11) is 0. The average molecular weight is 328 g/mol. The smallest absolute Gasteiger partial charge is 0.224 e. The maximum atomic E-state index is 11.9. The van der Waals surface area contributed by atoms with Crippen LogP contribution in [0.4, 0.5) is 0 Å². The van der Waals surface area contributed by atoms with Gasteiger partial charge in [-0.1, -0.05) is 48.0 Å². The van der Waals surface area contributed by atoms with Crippen LogP contribution in [0.1, 0.15) is 32.3 Å². The normalized spacial score (nSPS) is 11.3. The predicted molar refractivity (Wildman–Crippen MR) is 81.6 cm³/mol. The first-order chi connectivity index (χ1) is 9.06. The molecule has 3 nitrogen and oxygen atoms in total. The van der Waals surface area contributed by atoms with Gasteiger partial charge in [0.05, 0.1) is 6.42 Å². The van der Waals surface area contributed by atoms with Crippen LogP contribution in [0.2, 0.25) is 0 Å². The summed E-state index contributed by atoms with van der Waals surface area (Å²) in [6.45, 7) is 4.94. The number of phenols is 1. The third-order valence-electron chi connectivity index (χ3n) is 3.79. The molecule has 1 rings (SSSR count). The summed E-state index contributed by atoms with van der Waals surface area (Å²) in [5, 5.41) is 13.5. The van der Waals surface area contributed by atoms with Gasteiger partial charge in [-0.25, -0.2) is 0 Å². The Bertz CT molecular complexity index is 408. The van der Waals surface area contributed by atoms with Gasteiger partial charge < -0.3 is 10.4 Å². The second-order valence-corrected chi connectivity index (χ2v) is 5.48. The van der Waals surface area contributed by atoms with Crippen molar-refractivity contribution in [1.82, 2.24) is 5.32 Å². The van der Waals surface area contributed by atoms with E-state index in [1.807, 2.05) is 6.07 Å². The molecule has 0 spiro atoms. The summed E-state index contributed by atoms with van der Waals surface area (Å²) in [4.78, 5) is 11.9. The first kappa shape index (κ1) is 16.0. The SMILES string of the molecule is CCC(CC)(CBr)CNC(=O)Cc1ccccc1O. The molecule has 0 heterocycles. The number of hydrogen-bond donors (Lipinski definition) is 2. The van der Waals surface area contributed by atoms with Gasteiger partial charge in [-0.3, -0.25) is 4.79 Å². The van der Waals surface area contributed by atoms with E-state index in [4.69, 9.17) is 0 Å². The first-order valence-electron chi connectivity index (χ1n) is 6.66. The van der Waals surface area contributed by atoms with Crippen molar-refractivity contribution < 1.29 is 9.90 Å². The van der Waals surface area contributed by atoms with E-state index in [1.54, 1.807) is 18.2 Å². The van der Waals surface area contributed by atoms with Crippen LogP contribution >= 0.6 is 15.9 Å². The maximum Gasteiger partial charge on any atom is 0.224 e. The summed E-state index contributed by atoms with van der Waals surface area (Å²) in [5.74, 6) is 0.129. The lowest BCUT2D eigenvalue weighted by Gasteiger charge is -2.29. The van der Waals surface area contributed by atoms with Crippen molar-refractivity contribution in [3.63, 3.8) is 0 Å². The number of alkyl halides is 1. The Morgan fingerprint density at radius 2 is 1.95 bits per heavy atom. The van der Waals surface area contributed by atoms with Crippen LogP contribution in [0.3, 0.4) is 0 Å². The molecule has 0 saturated heterocycles. The number of nitrogens with one attached hydrogen (secondary N) is 1. The van der Waals surface area contributed by atoms with Crippen LogP contribution < -0.4 is 5.32 Å². The second kappa shape index (κ2) is 7.53. The Morgan fingerprint density at radius 3 is 2.47 bits per heavy atom. The van der Waals surface area contributed by atoms with E-state index in [0.717, 1.165) is 18.2 Å². The fourth-order valence-electron chi connectivity index (χ4n) is 1.92. The molecular formula is C15H22BrNO2. The zero-order valence-corrected chi connectivity index (χ0v) is 13.2. The monoisotopic (exact) mass is 327 g/mol. The molecule has 0 aromatic heterocycles. The highest BCUT2D eigenvalue weighted by Crippen LogP contribution is 2.27. The lowest BCUT2D eigenvalue weighted by molar-refractivity contribution is -0.120. The molecule has 0 aliphatic rings. The van der Waals surface area contributed by atoms with Gasteiger partial charge >= 0.3 is 0 Å². The van der Waals surface area contributed by atoms with Gasteiger partial charge in [0, 0.05) is 17.4 Å². The molecule has 0 unspecified atom stereocenters. The molecule has 0 fully saturated rings. The van der Waals surface area contributed by atoms with Crippen LogP contribution in [0, 0.1) is 5.41 Å². The van der Waals surface area contributed by atoms with Crippen LogP contribution in [-0.2, 0) is 11.2 Å². The molecule has 0 aliphatic carbocycles. The van der Waals surface area contributed by atoms with Crippen molar-refractivity contribution in [2.75, 3.05) is 11.9 Å². The lowest BCUT2D eigenvalue weighted by Crippen LogP contribution is -2.38. The number of phenolic OH excluding ortho intramolecular Hbond substituents is 1. The van der Waals surface area contributed by atoms with Crippen LogP contribution in [-0.4, -0.2) is 22.9 Å². The standard InChI is InChI=1S/C15H22BrNO2/c1-3-15(4-2,10-16)11-17-14(19)9-12-7-5-6-8-13(12)18/h5-8,18H,3-4,9-11H2,1-2H3,(H,17,19). The highest BCUT2D eigenvalue weighted by molar-refractivity contribution is 9.09. The molecule has 0 atom stereocenters. The third-order valence-corrected chi connectivity index (χ3v) is 4.98. The Hall–Kier alpha value is -1.03. The number of benzene rings is 1. The molecule has 1 aromatic rings. The maximum absolute atomic E-state index is 11.9.